The van der Waals surface area contributed by atoms with Gasteiger partial charge in [-0.1, -0.05) is 43.3 Å². The van der Waals surface area contributed by atoms with Crippen LogP contribution < -0.4 is 5.32 Å². The summed E-state index contributed by atoms with van der Waals surface area (Å²) in [5, 5.41) is 5.89. The van der Waals surface area contributed by atoms with E-state index < -0.39 is 6.04 Å². The molecule has 0 aromatic heterocycles. The van der Waals surface area contributed by atoms with Crippen LogP contribution in [0.2, 0.25) is 0 Å². The smallest absolute Gasteiger partial charge is 0.255 e. The quantitative estimate of drug-likeness (QED) is 0.127. The Morgan fingerprint density at radius 2 is 1.84 bits per heavy atom. The van der Waals surface area contributed by atoms with Crippen molar-refractivity contribution in [3.8, 4) is 0 Å². The number of carbonyl (C=O) groups is 3. The topological polar surface area (TPSA) is 115 Å². The summed E-state index contributed by atoms with van der Waals surface area (Å²) in [5.74, 6) is 0.242. The van der Waals surface area contributed by atoms with Crippen molar-refractivity contribution in [2.45, 2.75) is 75.3 Å². The minimum absolute atomic E-state index is 0.118. The van der Waals surface area contributed by atoms with Crippen LogP contribution in [-0.4, -0.2) is 41.0 Å². The molecule has 2 heterocycles. The molecule has 1 atom stereocenters. The zero-order chi connectivity index (χ0) is 22.1. The minimum Gasteiger partial charge on any atom is -0.322 e. The standard InChI is InChI=1S/C22H29N5O3S/c23-26-24-13-6-4-2-1-3-5-7-14-31-19-10-8-9-16-17(19)15-27(22(16)30)18-11-12-20(28)25-21(18)29/h8-10,18H,1-7,11-15H2,(H,25,28,29). The third-order valence-electron chi connectivity index (χ3n) is 5.76. The van der Waals surface area contributed by atoms with Crippen LogP contribution in [0.1, 0.15) is 73.7 Å². The van der Waals surface area contributed by atoms with Gasteiger partial charge in [0.25, 0.3) is 5.91 Å². The average molecular weight is 444 g/mol. The molecule has 2 aliphatic rings. The van der Waals surface area contributed by atoms with E-state index in [1.165, 1.54) is 25.7 Å². The molecule has 0 radical (unpaired) electrons. The van der Waals surface area contributed by atoms with E-state index in [9.17, 15) is 14.4 Å². The zero-order valence-corrected chi connectivity index (χ0v) is 18.5. The van der Waals surface area contributed by atoms with Crippen LogP contribution in [0.5, 0.6) is 0 Å². The van der Waals surface area contributed by atoms with Gasteiger partial charge in [0.15, 0.2) is 0 Å². The third-order valence-corrected chi connectivity index (χ3v) is 6.95. The molecule has 9 heteroatoms. The molecule has 3 rings (SSSR count). The lowest BCUT2D eigenvalue weighted by atomic mass is 10.0. The number of hydrogen-bond acceptors (Lipinski definition) is 5. The predicted molar refractivity (Wildman–Crippen MR) is 120 cm³/mol. The SMILES string of the molecule is [N-]=[N+]=NCCCCCCCCCSc1cccc2c1CN(C1CCC(=O)NC1=O)C2=O. The molecule has 0 saturated carbocycles. The number of amides is 3. The molecule has 1 fully saturated rings. The van der Waals surface area contributed by atoms with Crippen LogP contribution in [-0.2, 0) is 16.1 Å². The van der Waals surface area contributed by atoms with Gasteiger partial charge in [-0.25, -0.2) is 0 Å². The van der Waals surface area contributed by atoms with E-state index in [0.717, 1.165) is 35.5 Å². The minimum atomic E-state index is -0.567. The Morgan fingerprint density at radius 3 is 2.58 bits per heavy atom. The van der Waals surface area contributed by atoms with Gasteiger partial charge in [-0.05, 0) is 48.2 Å². The molecule has 1 aromatic carbocycles. The van der Waals surface area contributed by atoms with Gasteiger partial charge in [-0.3, -0.25) is 19.7 Å². The molecule has 166 valence electrons. The molecule has 1 N–H and O–H groups in total. The van der Waals surface area contributed by atoms with Crippen molar-refractivity contribution in [1.29, 1.82) is 0 Å². The second kappa shape index (κ2) is 11.8. The van der Waals surface area contributed by atoms with E-state index in [1.807, 2.05) is 12.1 Å². The Bertz CT molecular complexity index is 869. The first-order valence-corrected chi connectivity index (χ1v) is 12.0. The van der Waals surface area contributed by atoms with Gasteiger partial charge in [0, 0.05) is 34.9 Å². The van der Waals surface area contributed by atoms with E-state index in [4.69, 9.17) is 5.53 Å². The first-order valence-electron chi connectivity index (χ1n) is 11.0. The molecule has 3 amide bonds. The van der Waals surface area contributed by atoms with Crippen LogP contribution in [0.15, 0.2) is 28.2 Å². The van der Waals surface area contributed by atoms with Gasteiger partial charge in [-0.15, -0.1) is 11.8 Å². The summed E-state index contributed by atoms with van der Waals surface area (Å²) in [6, 6.07) is 5.22. The number of piperidine rings is 1. The normalized spacial score (nSPS) is 18.0. The fourth-order valence-corrected chi connectivity index (χ4v) is 5.18. The van der Waals surface area contributed by atoms with E-state index >= 15 is 0 Å². The Balaban J connectivity index is 1.42. The summed E-state index contributed by atoms with van der Waals surface area (Å²) in [6.45, 7) is 1.03. The molecule has 8 nitrogen and oxygen atoms in total. The molecule has 0 bridgehead atoms. The number of unbranched alkanes of at least 4 members (excludes halogenated alkanes) is 6. The monoisotopic (exact) mass is 443 g/mol. The van der Waals surface area contributed by atoms with Gasteiger partial charge < -0.3 is 4.90 Å². The van der Waals surface area contributed by atoms with Gasteiger partial charge >= 0.3 is 0 Å². The Labute approximate surface area is 186 Å². The number of benzene rings is 1. The maximum Gasteiger partial charge on any atom is 0.255 e. The summed E-state index contributed by atoms with van der Waals surface area (Å²) in [4.78, 5) is 42.0. The number of rotatable bonds is 12. The van der Waals surface area contributed by atoms with Crippen molar-refractivity contribution < 1.29 is 14.4 Å². The summed E-state index contributed by atoms with van der Waals surface area (Å²) < 4.78 is 0. The molecule has 1 aromatic rings. The Hall–Kier alpha value is -2.51. The van der Waals surface area contributed by atoms with Crippen molar-refractivity contribution in [2.24, 2.45) is 5.11 Å². The lowest BCUT2D eigenvalue weighted by molar-refractivity contribution is -0.136. The molecular formula is C22H29N5O3S. The van der Waals surface area contributed by atoms with Gasteiger partial charge in [0.05, 0.1) is 0 Å². The van der Waals surface area contributed by atoms with Gasteiger partial charge in [0.1, 0.15) is 6.04 Å². The summed E-state index contributed by atoms with van der Waals surface area (Å²) in [5.41, 5.74) is 9.92. The average Bonchev–Trinajstić information content (AvgIpc) is 3.09. The van der Waals surface area contributed by atoms with Crippen molar-refractivity contribution >= 4 is 29.5 Å². The molecule has 1 unspecified atom stereocenters. The Morgan fingerprint density at radius 1 is 1.10 bits per heavy atom. The number of nitrogens with one attached hydrogen (secondary N) is 1. The van der Waals surface area contributed by atoms with Crippen LogP contribution in [0.4, 0.5) is 0 Å². The molecular weight excluding hydrogens is 414 g/mol. The van der Waals surface area contributed by atoms with Crippen LogP contribution in [0, 0.1) is 0 Å². The molecule has 1 saturated heterocycles. The fourth-order valence-electron chi connectivity index (χ4n) is 4.09. The highest BCUT2D eigenvalue weighted by Gasteiger charge is 2.39. The molecule has 2 aliphatic heterocycles. The first-order chi connectivity index (χ1) is 15.1. The van der Waals surface area contributed by atoms with E-state index in [0.29, 0.717) is 25.1 Å². The highest BCUT2D eigenvalue weighted by molar-refractivity contribution is 7.99. The number of fused-ring (bicyclic) bond motifs is 1. The summed E-state index contributed by atoms with van der Waals surface area (Å²) in [6.07, 6.45) is 8.63. The largest absolute Gasteiger partial charge is 0.322 e. The van der Waals surface area contributed by atoms with Crippen molar-refractivity contribution in [3.63, 3.8) is 0 Å². The predicted octanol–water partition coefficient (Wildman–Crippen LogP) is 4.58. The molecule has 31 heavy (non-hydrogen) atoms. The number of hydrogen-bond donors (Lipinski definition) is 1. The van der Waals surface area contributed by atoms with Crippen molar-refractivity contribution in [1.82, 2.24) is 10.2 Å². The summed E-state index contributed by atoms with van der Waals surface area (Å²) >= 11 is 1.78. The highest BCUT2D eigenvalue weighted by atomic mass is 32.2. The zero-order valence-electron chi connectivity index (χ0n) is 17.7. The second-order valence-electron chi connectivity index (χ2n) is 7.96. The third kappa shape index (κ3) is 6.24. The van der Waals surface area contributed by atoms with E-state index in [-0.39, 0.29) is 24.1 Å². The van der Waals surface area contributed by atoms with E-state index in [1.54, 1.807) is 16.7 Å². The Kier molecular flexibility index (Phi) is 8.79. The van der Waals surface area contributed by atoms with Crippen molar-refractivity contribution in [2.75, 3.05) is 12.3 Å². The lowest BCUT2D eigenvalue weighted by Gasteiger charge is -2.29. The van der Waals surface area contributed by atoms with Crippen LogP contribution >= 0.6 is 11.8 Å². The number of azide groups is 1. The first kappa shape index (κ1) is 23.2. The number of carbonyl (C=O) groups excluding carboxylic acids is 3. The summed E-state index contributed by atoms with van der Waals surface area (Å²) in [7, 11) is 0. The van der Waals surface area contributed by atoms with Crippen molar-refractivity contribution in [3.05, 3.63) is 39.8 Å². The van der Waals surface area contributed by atoms with Gasteiger partial charge in [-0.2, -0.15) is 0 Å². The number of thioether (sulfide) groups is 1. The maximum atomic E-state index is 12.9. The second-order valence-corrected chi connectivity index (χ2v) is 9.10. The van der Waals surface area contributed by atoms with Gasteiger partial charge in [0.2, 0.25) is 11.8 Å². The molecule has 0 aliphatic carbocycles. The maximum absolute atomic E-state index is 12.9. The fraction of sp³-hybridized carbons (Fsp3) is 0.591. The van der Waals surface area contributed by atoms with E-state index in [2.05, 4.69) is 21.4 Å². The number of imide groups is 1. The van der Waals surface area contributed by atoms with Crippen LogP contribution in [0.25, 0.3) is 10.4 Å². The molecule has 0 spiro atoms. The lowest BCUT2D eigenvalue weighted by Crippen LogP contribution is -2.52. The van der Waals surface area contributed by atoms with Crippen LogP contribution in [0.3, 0.4) is 0 Å². The highest BCUT2D eigenvalue weighted by Crippen LogP contribution is 2.34. The number of nitrogens with zero attached hydrogens (tertiary/aromatic N) is 4.